The molecule has 1 aromatic carbocycles. The summed E-state index contributed by atoms with van der Waals surface area (Å²) < 4.78 is 5.00. The van der Waals surface area contributed by atoms with Crippen molar-refractivity contribution >= 4 is 17.0 Å². The number of aliphatic hydroxyl groups excluding tert-OH is 2. The number of methoxy groups -OCH3 is 1. The largest absolute Gasteiger partial charge is 0.504 e. The maximum atomic E-state index is 10.1. The third-order valence-corrected chi connectivity index (χ3v) is 4.59. The molecule has 24 heavy (non-hydrogen) atoms. The molecule has 0 fully saturated rings. The zero-order valence-electron chi connectivity index (χ0n) is 13.0. The minimum absolute atomic E-state index is 0.133. The standard InChI is InChI=1S/C17H17N3O3S/c1-23-16-13(21)7-11(8-14(16)22)15(20-18)12-9-24-17(19-12)10-5-3-2-4-6-10/h2-7,9,14,21-22H,8,18H2,1H3. The smallest absolute Gasteiger partial charge is 0.166 e. The second-order valence-corrected chi connectivity index (χ2v) is 6.08. The number of aliphatic hydroxyl groups is 2. The maximum absolute atomic E-state index is 10.1. The van der Waals surface area contributed by atoms with Crippen LogP contribution in [0.3, 0.4) is 0 Å². The number of rotatable bonds is 4. The molecule has 1 atom stereocenters. The Kier molecular flexibility index (Phi) is 4.64. The second-order valence-electron chi connectivity index (χ2n) is 5.22. The molecule has 0 saturated carbocycles. The Morgan fingerprint density at radius 1 is 1.38 bits per heavy atom. The Morgan fingerprint density at radius 3 is 2.75 bits per heavy atom. The highest BCUT2D eigenvalue weighted by Gasteiger charge is 2.27. The van der Waals surface area contributed by atoms with E-state index in [1.54, 1.807) is 0 Å². The number of allylic oxidation sites excluding steroid dienone is 1. The van der Waals surface area contributed by atoms with Gasteiger partial charge in [-0.3, -0.25) is 0 Å². The Hall–Kier alpha value is -2.64. The first kappa shape index (κ1) is 16.2. The highest BCUT2D eigenvalue weighted by atomic mass is 32.1. The monoisotopic (exact) mass is 343 g/mol. The van der Waals surface area contributed by atoms with E-state index in [4.69, 9.17) is 10.6 Å². The van der Waals surface area contributed by atoms with Crippen molar-refractivity contribution in [1.29, 1.82) is 0 Å². The first-order valence-electron chi connectivity index (χ1n) is 7.29. The summed E-state index contributed by atoms with van der Waals surface area (Å²) in [5.74, 6) is 5.55. The minimum atomic E-state index is -0.945. The van der Waals surface area contributed by atoms with Crippen LogP contribution in [0.15, 0.2) is 64.0 Å². The molecule has 1 aliphatic rings. The van der Waals surface area contributed by atoms with Crippen LogP contribution >= 0.6 is 11.3 Å². The molecule has 1 unspecified atom stereocenters. The summed E-state index contributed by atoms with van der Waals surface area (Å²) in [6, 6.07) is 9.80. The molecule has 3 rings (SSSR count). The van der Waals surface area contributed by atoms with Gasteiger partial charge in [-0.15, -0.1) is 11.3 Å². The number of nitrogens with two attached hydrogens (primary N) is 1. The Labute approximate surface area is 143 Å². The summed E-state index contributed by atoms with van der Waals surface area (Å²) in [5, 5.41) is 26.6. The van der Waals surface area contributed by atoms with Crippen molar-refractivity contribution in [3.63, 3.8) is 0 Å². The van der Waals surface area contributed by atoms with Gasteiger partial charge in [0.2, 0.25) is 0 Å². The van der Waals surface area contributed by atoms with Crippen molar-refractivity contribution in [3.05, 3.63) is 64.6 Å². The maximum Gasteiger partial charge on any atom is 0.166 e. The number of hydrazone groups is 1. The van der Waals surface area contributed by atoms with Crippen LogP contribution in [0.25, 0.3) is 10.6 Å². The summed E-state index contributed by atoms with van der Waals surface area (Å²) in [4.78, 5) is 4.57. The van der Waals surface area contributed by atoms with E-state index in [1.165, 1.54) is 24.5 Å². The van der Waals surface area contributed by atoms with E-state index in [0.717, 1.165) is 10.6 Å². The predicted octanol–water partition coefficient (Wildman–Crippen LogP) is 2.58. The van der Waals surface area contributed by atoms with E-state index in [9.17, 15) is 10.2 Å². The number of benzene rings is 1. The number of thiazole rings is 1. The molecule has 1 heterocycles. The van der Waals surface area contributed by atoms with E-state index in [2.05, 4.69) is 10.1 Å². The molecule has 7 heteroatoms. The highest BCUT2D eigenvalue weighted by Crippen LogP contribution is 2.29. The third kappa shape index (κ3) is 3.04. The lowest BCUT2D eigenvalue weighted by Gasteiger charge is -2.21. The van der Waals surface area contributed by atoms with Crippen molar-refractivity contribution in [2.45, 2.75) is 12.5 Å². The summed E-state index contributed by atoms with van der Waals surface area (Å²) in [7, 11) is 1.40. The van der Waals surface area contributed by atoms with Gasteiger partial charge in [0, 0.05) is 17.4 Å². The zero-order chi connectivity index (χ0) is 17.1. The van der Waals surface area contributed by atoms with E-state index in [-0.39, 0.29) is 17.9 Å². The van der Waals surface area contributed by atoms with Crippen LogP contribution in [0.1, 0.15) is 12.1 Å². The van der Waals surface area contributed by atoms with Crippen LogP contribution in [0.2, 0.25) is 0 Å². The lowest BCUT2D eigenvalue weighted by atomic mass is 9.95. The Morgan fingerprint density at radius 2 is 2.12 bits per heavy atom. The molecule has 4 N–H and O–H groups in total. The van der Waals surface area contributed by atoms with Gasteiger partial charge >= 0.3 is 0 Å². The highest BCUT2D eigenvalue weighted by molar-refractivity contribution is 7.13. The third-order valence-electron chi connectivity index (χ3n) is 3.70. The quantitative estimate of drug-likeness (QED) is 0.450. The number of hydrogen-bond acceptors (Lipinski definition) is 7. The van der Waals surface area contributed by atoms with Crippen molar-refractivity contribution in [3.8, 4) is 10.6 Å². The molecular weight excluding hydrogens is 326 g/mol. The van der Waals surface area contributed by atoms with Crippen molar-refractivity contribution in [2.75, 3.05) is 7.11 Å². The number of aromatic nitrogens is 1. The van der Waals surface area contributed by atoms with Gasteiger partial charge in [-0.1, -0.05) is 30.3 Å². The van der Waals surface area contributed by atoms with Gasteiger partial charge in [0.1, 0.15) is 22.5 Å². The van der Waals surface area contributed by atoms with Crippen LogP contribution in [0.5, 0.6) is 0 Å². The molecule has 0 saturated heterocycles. The van der Waals surface area contributed by atoms with Crippen molar-refractivity contribution in [1.82, 2.24) is 4.98 Å². The summed E-state index contributed by atoms with van der Waals surface area (Å²) in [6.07, 6.45) is 0.791. The average Bonchev–Trinajstić information content (AvgIpc) is 3.06. The molecule has 0 aliphatic heterocycles. The first-order valence-corrected chi connectivity index (χ1v) is 8.17. The van der Waals surface area contributed by atoms with Gasteiger partial charge < -0.3 is 20.8 Å². The van der Waals surface area contributed by atoms with Crippen molar-refractivity contribution < 1.29 is 14.9 Å². The topological polar surface area (TPSA) is 101 Å². The van der Waals surface area contributed by atoms with E-state index in [1.807, 2.05) is 35.7 Å². The van der Waals surface area contributed by atoms with Gasteiger partial charge in [-0.05, 0) is 11.6 Å². The molecule has 0 spiro atoms. The van der Waals surface area contributed by atoms with E-state index < -0.39 is 6.10 Å². The fourth-order valence-electron chi connectivity index (χ4n) is 2.58. The minimum Gasteiger partial charge on any atom is -0.504 e. The molecule has 124 valence electrons. The molecule has 0 radical (unpaired) electrons. The predicted molar refractivity (Wildman–Crippen MR) is 93.6 cm³/mol. The van der Waals surface area contributed by atoms with Crippen molar-refractivity contribution in [2.24, 2.45) is 10.9 Å². The van der Waals surface area contributed by atoms with Gasteiger partial charge in [0.05, 0.1) is 7.11 Å². The summed E-state index contributed by atoms with van der Waals surface area (Å²) in [6.45, 7) is 0. The molecule has 2 aromatic rings. The Balaban J connectivity index is 1.94. The van der Waals surface area contributed by atoms with Gasteiger partial charge in [-0.25, -0.2) is 4.98 Å². The fraction of sp³-hybridized carbons (Fsp3) is 0.176. The first-order chi connectivity index (χ1) is 11.6. The molecule has 0 amide bonds. The Bertz CT molecular complexity index is 825. The number of nitrogens with zero attached hydrogens (tertiary/aromatic N) is 2. The van der Waals surface area contributed by atoms with Crippen LogP contribution in [0.4, 0.5) is 0 Å². The van der Waals surface area contributed by atoms with Crippen LogP contribution in [-0.2, 0) is 4.74 Å². The van der Waals surface area contributed by atoms with Crippen LogP contribution in [0, 0.1) is 0 Å². The fourth-order valence-corrected chi connectivity index (χ4v) is 3.39. The molecule has 1 aromatic heterocycles. The summed E-state index contributed by atoms with van der Waals surface area (Å²) >= 11 is 1.48. The lowest BCUT2D eigenvalue weighted by molar-refractivity contribution is 0.114. The average molecular weight is 343 g/mol. The number of hydrogen-bond donors (Lipinski definition) is 3. The molecule has 1 aliphatic carbocycles. The zero-order valence-corrected chi connectivity index (χ0v) is 13.8. The molecule has 6 nitrogen and oxygen atoms in total. The van der Waals surface area contributed by atoms with Crippen LogP contribution < -0.4 is 5.84 Å². The normalized spacial score (nSPS) is 18.5. The second kappa shape index (κ2) is 6.86. The van der Waals surface area contributed by atoms with Crippen LogP contribution in [-0.4, -0.2) is 34.1 Å². The van der Waals surface area contributed by atoms with E-state index >= 15 is 0 Å². The lowest BCUT2D eigenvalue weighted by Crippen LogP contribution is -2.23. The summed E-state index contributed by atoms with van der Waals surface area (Å²) in [5.41, 5.74) is 2.66. The van der Waals surface area contributed by atoms with Gasteiger partial charge in [-0.2, -0.15) is 5.10 Å². The van der Waals surface area contributed by atoms with Gasteiger partial charge in [0.15, 0.2) is 11.5 Å². The van der Waals surface area contributed by atoms with E-state index in [0.29, 0.717) is 17.0 Å². The SMILES string of the molecule is COC1=C(O)C=C(C(=NN)c2csc(-c3ccccc3)n2)CC1O. The van der Waals surface area contributed by atoms with Gasteiger partial charge in [0.25, 0.3) is 0 Å². The molecular formula is C17H17N3O3S. The molecule has 0 bridgehead atoms. The number of ether oxygens (including phenoxy) is 1.